The van der Waals surface area contributed by atoms with E-state index in [1.807, 2.05) is 18.7 Å². The molecule has 0 aliphatic rings. The summed E-state index contributed by atoms with van der Waals surface area (Å²) in [4.78, 5) is 4.59. The van der Waals surface area contributed by atoms with Crippen LogP contribution in [0.1, 0.15) is 18.3 Å². The summed E-state index contributed by atoms with van der Waals surface area (Å²) in [5.74, 6) is 0.942. The van der Waals surface area contributed by atoms with Crippen molar-refractivity contribution in [3.63, 3.8) is 0 Å². The predicted molar refractivity (Wildman–Crippen MR) is 75.8 cm³/mol. The number of halogens is 1. The van der Waals surface area contributed by atoms with Crippen LogP contribution in [0.25, 0.3) is 11.3 Å². The summed E-state index contributed by atoms with van der Waals surface area (Å²) >= 11 is 6.33. The maximum Gasteiger partial charge on any atom is 0.136 e. The summed E-state index contributed by atoms with van der Waals surface area (Å²) in [5, 5.41) is 3.78. The van der Waals surface area contributed by atoms with Gasteiger partial charge in [-0.2, -0.15) is 0 Å². The molecule has 3 nitrogen and oxygen atoms in total. The van der Waals surface area contributed by atoms with Crippen LogP contribution in [0.5, 0.6) is 0 Å². The van der Waals surface area contributed by atoms with Gasteiger partial charge in [0.05, 0.1) is 6.54 Å². The van der Waals surface area contributed by atoms with Crippen LogP contribution in [-0.2, 0) is 20.0 Å². The third-order valence-electron chi connectivity index (χ3n) is 3.09. The summed E-state index contributed by atoms with van der Waals surface area (Å²) in [6.45, 7) is 2.86. The number of nitrogens with zero attached hydrogens (tertiary/aromatic N) is 2. The number of imidazole rings is 1. The SMILES string of the molecule is CCc1ccc(-c2nc(CNC)n(C)c2Cl)cc1. The zero-order valence-corrected chi connectivity index (χ0v) is 11.8. The van der Waals surface area contributed by atoms with Crippen molar-refractivity contribution in [1.29, 1.82) is 0 Å². The van der Waals surface area contributed by atoms with Crippen molar-refractivity contribution in [2.45, 2.75) is 19.9 Å². The predicted octanol–water partition coefficient (Wildman–Crippen LogP) is 3.02. The van der Waals surface area contributed by atoms with Gasteiger partial charge in [0, 0.05) is 12.6 Å². The van der Waals surface area contributed by atoms with Gasteiger partial charge in [-0.1, -0.05) is 42.8 Å². The van der Waals surface area contributed by atoms with Crippen molar-refractivity contribution in [1.82, 2.24) is 14.9 Å². The van der Waals surface area contributed by atoms with Crippen LogP contribution >= 0.6 is 11.6 Å². The van der Waals surface area contributed by atoms with Crippen LogP contribution < -0.4 is 5.32 Å². The number of aromatic nitrogens is 2. The Balaban J connectivity index is 2.40. The van der Waals surface area contributed by atoms with E-state index in [0.717, 1.165) is 23.5 Å². The molecule has 96 valence electrons. The zero-order valence-electron chi connectivity index (χ0n) is 11.0. The van der Waals surface area contributed by atoms with Crippen LogP contribution in [0, 0.1) is 0 Å². The van der Waals surface area contributed by atoms with Gasteiger partial charge < -0.3 is 9.88 Å². The molecule has 0 saturated carbocycles. The van der Waals surface area contributed by atoms with Crippen molar-refractivity contribution < 1.29 is 0 Å². The molecule has 0 amide bonds. The quantitative estimate of drug-likeness (QED) is 0.919. The molecule has 0 saturated heterocycles. The minimum Gasteiger partial charge on any atom is -0.321 e. The second kappa shape index (κ2) is 5.55. The lowest BCUT2D eigenvalue weighted by Crippen LogP contribution is -2.10. The van der Waals surface area contributed by atoms with E-state index >= 15 is 0 Å². The lowest BCUT2D eigenvalue weighted by molar-refractivity contribution is 0.710. The van der Waals surface area contributed by atoms with Crippen molar-refractivity contribution in [2.24, 2.45) is 7.05 Å². The molecule has 1 N–H and O–H groups in total. The first-order valence-electron chi connectivity index (χ1n) is 6.12. The maximum atomic E-state index is 6.33. The summed E-state index contributed by atoms with van der Waals surface area (Å²) in [5.41, 5.74) is 3.24. The van der Waals surface area contributed by atoms with E-state index in [0.29, 0.717) is 11.7 Å². The van der Waals surface area contributed by atoms with Gasteiger partial charge in [-0.25, -0.2) is 4.98 Å². The Hall–Kier alpha value is -1.32. The molecule has 0 bridgehead atoms. The fourth-order valence-corrected chi connectivity index (χ4v) is 2.17. The Kier molecular flexibility index (Phi) is 4.04. The monoisotopic (exact) mass is 263 g/mol. The molecule has 0 radical (unpaired) electrons. The highest BCUT2D eigenvalue weighted by Gasteiger charge is 2.13. The van der Waals surface area contributed by atoms with Crippen molar-refractivity contribution in [3.8, 4) is 11.3 Å². The number of nitrogens with one attached hydrogen (secondary N) is 1. The van der Waals surface area contributed by atoms with E-state index in [1.54, 1.807) is 0 Å². The van der Waals surface area contributed by atoms with Crippen LogP contribution in [0.15, 0.2) is 24.3 Å². The minimum absolute atomic E-state index is 0.685. The Bertz CT molecular complexity index is 529. The van der Waals surface area contributed by atoms with Crippen LogP contribution in [-0.4, -0.2) is 16.6 Å². The normalized spacial score (nSPS) is 10.9. The smallest absolute Gasteiger partial charge is 0.136 e. The highest BCUT2D eigenvalue weighted by Crippen LogP contribution is 2.27. The van der Waals surface area contributed by atoms with E-state index < -0.39 is 0 Å². The molecule has 2 aromatic rings. The van der Waals surface area contributed by atoms with Crippen molar-refractivity contribution in [3.05, 3.63) is 40.8 Å². The number of aryl methyl sites for hydroxylation is 1. The lowest BCUT2D eigenvalue weighted by atomic mass is 10.1. The second-order valence-corrected chi connectivity index (χ2v) is 4.67. The van der Waals surface area contributed by atoms with Gasteiger partial charge in [-0.15, -0.1) is 0 Å². The molecule has 18 heavy (non-hydrogen) atoms. The van der Waals surface area contributed by atoms with Crippen LogP contribution in [0.4, 0.5) is 0 Å². The number of rotatable bonds is 4. The van der Waals surface area contributed by atoms with Gasteiger partial charge in [-0.3, -0.25) is 0 Å². The summed E-state index contributed by atoms with van der Waals surface area (Å²) in [6.07, 6.45) is 1.04. The highest BCUT2D eigenvalue weighted by molar-refractivity contribution is 6.32. The summed E-state index contributed by atoms with van der Waals surface area (Å²) in [7, 11) is 3.84. The van der Waals surface area contributed by atoms with Crippen molar-refractivity contribution >= 4 is 11.6 Å². The molecule has 0 unspecified atom stereocenters. The molecule has 0 fully saturated rings. The van der Waals surface area contributed by atoms with E-state index in [2.05, 4.69) is 41.5 Å². The first-order chi connectivity index (χ1) is 8.67. The lowest BCUT2D eigenvalue weighted by Gasteiger charge is -2.01. The molecule has 0 spiro atoms. The van der Waals surface area contributed by atoms with Crippen LogP contribution in [0.3, 0.4) is 0 Å². The maximum absolute atomic E-state index is 6.33. The average molecular weight is 264 g/mol. The molecule has 1 heterocycles. The molecular weight excluding hydrogens is 246 g/mol. The topological polar surface area (TPSA) is 29.9 Å². The largest absolute Gasteiger partial charge is 0.321 e. The molecule has 0 aliphatic carbocycles. The molecule has 1 aromatic heterocycles. The third-order valence-corrected chi connectivity index (χ3v) is 3.52. The van der Waals surface area contributed by atoms with E-state index in [9.17, 15) is 0 Å². The van der Waals surface area contributed by atoms with Gasteiger partial charge in [0.15, 0.2) is 0 Å². The Morgan fingerprint density at radius 3 is 2.50 bits per heavy atom. The first kappa shape index (κ1) is 13.1. The molecule has 4 heteroatoms. The molecule has 2 rings (SSSR count). The summed E-state index contributed by atoms with van der Waals surface area (Å²) in [6, 6.07) is 8.41. The fraction of sp³-hybridized carbons (Fsp3) is 0.357. The van der Waals surface area contributed by atoms with Gasteiger partial charge in [-0.05, 0) is 19.0 Å². The number of hydrogen-bond donors (Lipinski definition) is 1. The van der Waals surface area contributed by atoms with E-state index in [1.165, 1.54) is 5.56 Å². The fourth-order valence-electron chi connectivity index (χ4n) is 1.92. The Labute approximate surface area is 113 Å². The average Bonchev–Trinajstić information content (AvgIpc) is 2.68. The summed E-state index contributed by atoms with van der Waals surface area (Å²) < 4.78 is 1.92. The molecule has 0 atom stereocenters. The van der Waals surface area contributed by atoms with E-state index in [4.69, 9.17) is 11.6 Å². The van der Waals surface area contributed by atoms with Gasteiger partial charge in [0.1, 0.15) is 16.7 Å². The zero-order chi connectivity index (χ0) is 13.1. The van der Waals surface area contributed by atoms with Gasteiger partial charge in [0.2, 0.25) is 0 Å². The Morgan fingerprint density at radius 2 is 1.94 bits per heavy atom. The standard InChI is InChI=1S/C14H18ClN3/c1-4-10-5-7-11(8-6-10)13-14(15)18(3)12(17-13)9-16-2/h5-8,16H,4,9H2,1-3H3. The van der Waals surface area contributed by atoms with Crippen LogP contribution in [0.2, 0.25) is 5.15 Å². The molecule has 0 aliphatic heterocycles. The number of benzene rings is 1. The number of hydrogen-bond acceptors (Lipinski definition) is 2. The van der Waals surface area contributed by atoms with Crippen molar-refractivity contribution in [2.75, 3.05) is 7.05 Å². The molecular formula is C14H18ClN3. The second-order valence-electron chi connectivity index (χ2n) is 4.31. The minimum atomic E-state index is 0.685. The first-order valence-corrected chi connectivity index (χ1v) is 6.50. The Morgan fingerprint density at radius 1 is 1.28 bits per heavy atom. The highest BCUT2D eigenvalue weighted by atomic mass is 35.5. The third kappa shape index (κ3) is 2.42. The van der Waals surface area contributed by atoms with Gasteiger partial charge in [0.25, 0.3) is 0 Å². The van der Waals surface area contributed by atoms with Gasteiger partial charge >= 0.3 is 0 Å². The van der Waals surface area contributed by atoms with E-state index in [-0.39, 0.29) is 0 Å². The molecule has 1 aromatic carbocycles.